The minimum atomic E-state index is 0.594. The lowest BCUT2D eigenvalue weighted by atomic mass is 10.00. The highest BCUT2D eigenvalue weighted by molar-refractivity contribution is 6.30. The third-order valence-corrected chi connectivity index (χ3v) is 3.98. The number of aryl methyl sites for hydroxylation is 1. The van der Waals surface area contributed by atoms with Gasteiger partial charge in [-0.25, -0.2) is 0 Å². The Balaban J connectivity index is 1.99. The molecule has 2 rings (SSSR count). The van der Waals surface area contributed by atoms with Gasteiger partial charge in [0, 0.05) is 17.5 Å². The van der Waals surface area contributed by atoms with Crippen molar-refractivity contribution in [3.8, 4) is 5.75 Å². The summed E-state index contributed by atoms with van der Waals surface area (Å²) in [5.41, 5.74) is 2.55. The van der Waals surface area contributed by atoms with Crippen LogP contribution in [0.25, 0.3) is 0 Å². The van der Waals surface area contributed by atoms with Gasteiger partial charge >= 0.3 is 0 Å². The molecule has 0 radical (unpaired) electrons. The molecule has 1 aliphatic rings. The van der Waals surface area contributed by atoms with Gasteiger partial charge in [-0.15, -0.1) is 0 Å². The maximum Gasteiger partial charge on any atom is 0.125 e. The van der Waals surface area contributed by atoms with Crippen LogP contribution in [0.1, 0.15) is 44.2 Å². The van der Waals surface area contributed by atoms with E-state index in [2.05, 4.69) is 25.2 Å². The summed E-state index contributed by atoms with van der Waals surface area (Å²) in [5.74, 6) is 1.09. The van der Waals surface area contributed by atoms with Crippen molar-refractivity contribution < 1.29 is 4.74 Å². The van der Waals surface area contributed by atoms with E-state index in [9.17, 15) is 0 Å². The summed E-state index contributed by atoms with van der Waals surface area (Å²) in [7, 11) is 0. The lowest BCUT2D eigenvalue weighted by Crippen LogP contribution is -2.29. The molecule has 0 amide bonds. The Morgan fingerprint density at radius 3 is 2.95 bits per heavy atom. The standard InChI is InChI=1S/C16H24ClNO/c1-3-8-18-15(4-2)6-5-12-10-14(17)11-13-7-9-19-16(12)13/h10-11,15,18H,3-9H2,1-2H3. The second-order valence-electron chi connectivity index (χ2n) is 5.25. The molecule has 1 heterocycles. The number of benzene rings is 1. The van der Waals surface area contributed by atoms with Crippen LogP contribution in [0, 0.1) is 0 Å². The SMILES string of the molecule is CCCNC(CC)CCc1cc(Cl)cc2c1OCC2. The number of ether oxygens (including phenoxy) is 1. The van der Waals surface area contributed by atoms with Crippen molar-refractivity contribution in [2.45, 2.75) is 52.0 Å². The fourth-order valence-electron chi connectivity index (χ4n) is 2.66. The van der Waals surface area contributed by atoms with E-state index >= 15 is 0 Å². The van der Waals surface area contributed by atoms with Gasteiger partial charge in [0.15, 0.2) is 0 Å². The maximum atomic E-state index is 6.19. The van der Waals surface area contributed by atoms with Crippen molar-refractivity contribution in [2.75, 3.05) is 13.2 Å². The highest BCUT2D eigenvalue weighted by atomic mass is 35.5. The molecule has 0 aliphatic carbocycles. The molecule has 1 aliphatic heterocycles. The van der Waals surface area contributed by atoms with Crippen molar-refractivity contribution in [3.05, 3.63) is 28.3 Å². The van der Waals surface area contributed by atoms with E-state index in [1.54, 1.807) is 0 Å². The number of hydrogen-bond acceptors (Lipinski definition) is 2. The smallest absolute Gasteiger partial charge is 0.125 e. The van der Waals surface area contributed by atoms with Gasteiger partial charge in [0.2, 0.25) is 0 Å². The minimum absolute atomic E-state index is 0.594. The fraction of sp³-hybridized carbons (Fsp3) is 0.625. The largest absolute Gasteiger partial charge is 0.493 e. The third-order valence-electron chi connectivity index (χ3n) is 3.76. The quantitative estimate of drug-likeness (QED) is 0.816. The van der Waals surface area contributed by atoms with Crippen LogP contribution in [0.3, 0.4) is 0 Å². The van der Waals surface area contributed by atoms with E-state index in [4.69, 9.17) is 16.3 Å². The molecule has 1 atom stereocenters. The highest BCUT2D eigenvalue weighted by Crippen LogP contribution is 2.33. The molecular formula is C16H24ClNO. The van der Waals surface area contributed by atoms with Crippen molar-refractivity contribution in [3.63, 3.8) is 0 Å². The maximum absolute atomic E-state index is 6.19. The van der Waals surface area contributed by atoms with E-state index in [0.29, 0.717) is 6.04 Å². The van der Waals surface area contributed by atoms with Crippen molar-refractivity contribution in [1.82, 2.24) is 5.32 Å². The molecular weight excluding hydrogens is 258 g/mol. The summed E-state index contributed by atoms with van der Waals surface area (Å²) in [4.78, 5) is 0. The second kappa shape index (κ2) is 7.16. The molecule has 1 unspecified atom stereocenters. The predicted molar refractivity (Wildman–Crippen MR) is 81.3 cm³/mol. The highest BCUT2D eigenvalue weighted by Gasteiger charge is 2.18. The molecule has 3 heteroatoms. The van der Waals surface area contributed by atoms with Gasteiger partial charge in [0.05, 0.1) is 6.61 Å². The van der Waals surface area contributed by atoms with Gasteiger partial charge in [-0.3, -0.25) is 0 Å². The average Bonchev–Trinajstić information content (AvgIpc) is 2.86. The van der Waals surface area contributed by atoms with Crippen molar-refractivity contribution >= 4 is 11.6 Å². The first-order valence-electron chi connectivity index (χ1n) is 7.42. The number of rotatable bonds is 7. The summed E-state index contributed by atoms with van der Waals surface area (Å²) in [6, 6.07) is 4.70. The molecule has 0 aromatic heterocycles. The summed E-state index contributed by atoms with van der Waals surface area (Å²) in [6.45, 7) is 6.35. The zero-order valence-electron chi connectivity index (χ0n) is 12.0. The van der Waals surface area contributed by atoms with E-state index in [-0.39, 0.29) is 0 Å². The number of nitrogens with one attached hydrogen (secondary N) is 1. The first kappa shape index (κ1) is 14.7. The Labute approximate surface area is 121 Å². The van der Waals surface area contributed by atoms with Crippen molar-refractivity contribution in [2.24, 2.45) is 0 Å². The Hall–Kier alpha value is -0.730. The Bertz CT molecular complexity index is 419. The van der Waals surface area contributed by atoms with Gasteiger partial charge in [-0.2, -0.15) is 0 Å². The Morgan fingerprint density at radius 2 is 2.21 bits per heavy atom. The summed E-state index contributed by atoms with van der Waals surface area (Å²) < 4.78 is 5.75. The molecule has 0 saturated carbocycles. The number of halogens is 1. The molecule has 1 aromatic rings. The summed E-state index contributed by atoms with van der Waals surface area (Å²) in [6.07, 6.45) is 5.54. The molecule has 0 bridgehead atoms. The van der Waals surface area contributed by atoms with Crippen molar-refractivity contribution in [1.29, 1.82) is 0 Å². The lowest BCUT2D eigenvalue weighted by Gasteiger charge is -2.17. The van der Waals surface area contributed by atoms with Crippen LogP contribution in [0.4, 0.5) is 0 Å². The predicted octanol–water partition coefficient (Wildman–Crippen LogP) is 3.99. The molecule has 0 saturated heterocycles. The van der Waals surface area contributed by atoms with Crippen LogP contribution in [0.15, 0.2) is 12.1 Å². The monoisotopic (exact) mass is 281 g/mol. The van der Waals surface area contributed by atoms with Gasteiger partial charge in [-0.1, -0.05) is 25.4 Å². The Morgan fingerprint density at radius 1 is 1.37 bits per heavy atom. The lowest BCUT2D eigenvalue weighted by molar-refractivity contribution is 0.352. The van der Waals surface area contributed by atoms with Gasteiger partial charge in [0.1, 0.15) is 5.75 Å². The zero-order valence-corrected chi connectivity index (χ0v) is 12.7. The van der Waals surface area contributed by atoms with Crippen LogP contribution >= 0.6 is 11.6 Å². The molecule has 106 valence electrons. The molecule has 1 aromatic carbocycles. The van der Waals surface area contributed by atoms with Crippen LogP contribution in [0.2, 0.25) is 5.02 Å². The summed E-state index contributed by atoms with van der Waals surface area (Å²) >= 11 is 6.19. The molecule has 2 nitrogen and oxygen atoms in total. The number of fused-ring (bicyclic) bond motifs is 1. The number of hydrogen-bond donors (Lipinski definition) is 1. The average molecular weight is 282 g/mol. The van der Waals surface area contributed by atoms with Gasteiger partial charge in [0.25, 0.3) is 0 Å². The minimum Gasteiger partial charge on any atom is -0.493 e. The topological polar surface area (TPSA) is 21.3 Å². The first-order chi connectivity index (χ1) is 9.24. The van der Waals surface area contributed by atoms with Crippen LogP contribution in [-0.2, 0) is 12.8 Å². The third kappa shape index (κ3) is 3.87. The van der Waals surface area contributed by atoms with Gasteiger partial charge < -0.3 is 10.1 Å². The van der Waals surface area contributed by atoms with Crippen LogP contribution < -0.4 is 10.1 Å². The Kier molecular flexibility index (Phi) is 5.53. The summed E-state index contributed by atoms with van der Waals surface area (Å²) in [5, 5.41) is 4.44. The van der Waals surface area contributed by atoms with E-state index in [0.717, 1.165) is 43.2 Å². The second-order valence-corrected chi connectivity index (χ2v) is 5.69. The molecule has 0 spiro atoms. The fourth-order valence-corrected chi connectivity index (χ4v) is 2.92. The van der Waals surface area contributed by atoms with Crippen LogP contribution in [-0.4, -0.2) is 19.2 Å². The van der Waals surface area contributed by atoms with Gasteiger partial charge in [-0.05, 0) is 55.5 Å². The first-order valence-corrected chi connectivity index (χ1v) is 7.79. The zero-order chi connectivity index (χ0) is 13.7. The molecule has 0 fully saturated rings. The van der Waals surface area contributed by atoms with E-state index in [1.165, 1.54) is 24.0 Å². The van der Waals surface area contributed by atoms with E-state index in [1.807, 2.05) is 6.07 Å². The normalized spacial score (nSPS) is 15.1. The molecule has 19 heavy (non-hydrogen) atoms. The van der Waals surface area contributed by atoms with Crippen LogP contribution in [0.5, 0.6) is 5.75 Å². The van der Waals surface area contributed by atoms with E-state index < -0.39 is 0 Å². The molecule has 1 N–H and O–H groups in total.